The molecular formula is C17H22N2O2. The van der Waals surface area contributed by atoms with Crippen molar-refractivity contribution < 1.29 is 9.63 Å². The fourth-order valence-electron chi connectivity index (χ4n) is 3.20. The maximum Gasteiger partial charge on any atom is 0.232 e. The Labute approximate surface area is 125 Å². The average molecular weight is 286 g/mol. The first-order valence-corrected chi connectivity index (χ1v) is 7.71. The first-order valence-electron chi connectivity index (χ1n) is 7.71. The summed E-state index contributed by atoms with van der Waals surface area (Å²) in [6, 6.07) is 10.5. The molecule has 1 N–H and O–H groups in total. The Morgan fingerprint density at radius 1 is 1.14 bits per heavy atom. The summed E-state index contributed by atoms with van der Waals surface area (Å²) < 4.78 is 5.43. The molecule has 21 heavy (non-hydrogen) atoms. The maximum atomic E-state index is 9.70. The average Bonchev–Trinajstić information content (AvgIpc) is 3.17. The lowest BCUT2D eigenvalue weighted by atomic mass is 9.78. The van der Waals surface area contributed by atoms with E-state index in [0.717, 1.165) is 18.7 Å². The van der Waals surface area contributed by atoms with Crippen LogP contribution in [0, 0.1) is 0 Å². The van der Waals surface area contributed by atoms with Gasteiger partial charge >= 0.3 is 0 Å². The van der Waals surface area contributed by atoms with Crippen LogP contribution in [-0.2, 0) is 5.41 Å². The van der Waals surface area contributed by atoms with Crippen molar-refractivity contribution in [2.45, 2.75) is 57.0 Å². The van der Waals surface area contributed by atoms with Gasteiger partial charge in [-0.3, -0.25) is 0 Å². The summed E-state index contributed by atoms with van der Waals surface area (Å²) in [7, 11) is 0. The molecular weight excluding hydrogens is 264 g/mol. The van der Waals surface area contributed by atoms with Crippen LogP contribution in [0.25, 0.3) is 0 Å². The molecule has 112 valence electrons. The standard InChI is InChI=1S/C17H22N2O2/c1-12(13(2)20)15-18-16(19-21-15)17(10-6-7-11-17)14-8-4-3-5-9-14/h3-5,8-9,12-13,20H,6-7,10-11H2,1-2H3. The molecule has 2 aromatic rings. The summed E-state index contributed by atoms with van der Waals surface area (Å²) in [6.07, 6.45) is 3.99. The normalized spacial score (nSPS) is 20.3. The molecule has 1 heterocycles. The fraction of sp³-hybridized carbons (Fsp3) is 0.529. The van der Waals surface area contributed by atoms with Crippen LogP contribution >= 0.6 is 0 Å². The van der Waals surface area contributed by atoms with Gasteiger partial charge in [-0.2, -0.15) is 4.98 Å². The molecule has 4 nitrogen and oxygen atoms in total. The predicted molar refractivity (Wildman–Crippen MR) is 80.1 cm³/mol. The van der Waals surface area contributed by atoms with Crippen molar-refractivity contribution in [3.63, 3.8) is 0 Å². The predicted octanol–water partition coefficient (Wildman–Crippen LogP) is 3.41. The summed E-state index contributed by atoms with van der Waals surface area (Å²) in [6.45, 7) is 3.66. The van der Waals surface area contributed by atoms with E-state index in [4.69, 9.17) is 4.52 Å². The van der Waals surface area contributed by atoms with Crippen LogP contribution in [-0.4, -0.2) is 21.4 Å². The van der Waals surface area contributed by atoms with E-state index in [1.807, 2.05) is 13.0 Å². The number of nitrogens with zero attached hydrogens (tertiary/aromatic N) is 2. The van der Waals surface area contributed by atoms with Gasteiger partial charge in [-0.15, -0.1) is 0 Å². The Morgan fingerprint density at radius 3 is 2.43 bits per heavy atom. The first-order chi connectivity index (χ1) is 10.1. The van der Waals surface area contributed by atoms with E-state index >= 15 is 0 Å². The van der Waals surface area contributed by atoms with Crippen molar-refractivity contribution in [3.05, 3.63) is 47.6 Å². The molecule has 0 aliphatic heterocycles. The lowest BCUT2D eigenvalue weighted by molar-refractivity contribution is 0.151. The van der Waals surface area contributed by atoms with Crippen LogP contribution in [0.15, 0.2) is 34.9 Å². The zero-order chi connectivity index (χ0) is 14.9. The zero-order valence-electron chi connectivity index (χ0n) is 12.6. The number of hydrogen-bond acceptors (Lipinski definition) is 4. The largest absolute Gasteiger partial charge is 0.393 e. The highest BCUT2D eigenvalue weighted by Crippen LogP contribution is 2.45. The minimum absolute atomic E-state index is 0.124. The Hall–Kier alpha value is -1.68. The van der Waals surface area contributed by atoms with Crippen LogP contribution in [0.4, 0.5) is 0 Å². The number of aromatic nitrogens is 2. The molecule has 3 rings (SSSR count). The summed E-state index contributed by atoms with van der Waals surface area (Å²) in [5, 5.41) is 14.0. The topological polar surface area (TPSA) is 59.2 Å². The van der Waals surface area contributed by atoms with E-state index < -0.39 is 6.10 Å². The molecule has 0 radical (unpaired) electrons. The van der Waals surface area contributed by atoms with Crippen LogP contribution in [0.5, 0.6) is 0 Å². The quantitative estimate of drug-likeness (QED) is 0.935. The molecule has 2 atom stereocenters. The van der Waals surface area contributed by atoms with Crippen LogP contribution in [0.1, 0.15) is 62.7 Å². The van der Waals surface area contributed by atoms with Crippen molar-refractivity contribution in [1.82, 2.24) is 10.1 Å². The van der Waals surface area contributed by atoms with E-state index in [9.17, 15) is 5.11 Å². The van der Waals surface area contributed by atoms with Gasteiger partial charge in [0.15, 0.2) is 5.82 Å². The maximum absolute atomic E-state index is 9.70. The molecule has 1 aromatic heterocycles. The molecule has 0 saturated heterocycles. The Morgan fingerprint density at radius 2 is 1.81 bits per heavy atom. The van der Waals surface area contributed by atoms with Gasteiger partial charge in [0.25, 0.3) is 0 Å². The third-order valence-electron chi connectivity index (χ3n) is 4.77. The van der Waals surface area contributed by atoms with E-state index in [1.165, 1.54) is 18.4 Å². The summed E-state index contributed by atoms with van der Waals surface area (Å²) >= 11 is 0. The van der Waals surface area contributed by atoms with Gasteiger partial charge in [-0.05, 0) is 25.3 Å². The van der Waals surface area contributed by atoms with Crippen molar-refractivity contribution in [2.24, 2.45) is 0 Å². The van der Waals surface area contributed by atoms with Crippen molar-refractivity contribution >= 4 is 0 Å². The molecule has 0 bridgehead atoms. The third kappa shape index (κ3) is 2.48. The number of aliphatic hydroxyl groups excluding tert-OH is 1. The van der Waals surface area contributed by atoms with Gasteiger partial charge in [0.2, 0.25) is 5.89 Å². The second kappa shape index (κ2) is 5.60. The molecule has 1 fully saturated rings. The van der Waals surface area contributed by atoms with E-state index in [1.54, 1.807) is 6.92 Å². The number of aliphatic hydroxyl groups is 1. The van der Waals surface area contributed by atoms with Crippen molar-refractivity contribution in [2.75, 3.05) is 0 Å². The summed E-state index contributed by atoms with van der Waals surface area (Å²) in [5.74, 6) is 1.16. The molecule has 2 unspecified atom stereocenters. The zero-order valence-corrected chi connectivity index (χ0v) is 12.6. The molecule has 4 heteroatoms. The summed E-state index contributed by atoms with van der Waals surface area (Å²) in [5.41, 5.74) is 1.14. The number of rotatable bonds is 4. The fourth-order valence-corrected chi connectivity index (χ4v) is 3.20. The lowest BCUT2D eigenvalue weighted by Crippen LogP contribution is -2.25. The molecule has 1 aliphatic carbocycles. The number of hydrogen-bond donors (Lipinski definition) is 1. The minimum Gasteiger partial charge on any atom is -0.393 e. The second-order valence-corrected chi connectivity index (χ2v) is 6.14. The lowest BCUT2D eigenvalue weighted by Gasteiger charge is -2.25. The van der Waals surface area contributed by atoms with Crippen LogP contribution < -0.4 is 0 Å². The van der Waals surface area contributed by atoms with Gasteiger partial charge in [0.05, 0.1) is 17.4 Å². The van der Waals surface area contributed by atoms with Gasteiger partial charge in [-0.25, -0.2) is 0 Å². The molecule has 0 amide bonds. The Kier molecular flexibility index (Phi) is 3.81. The van der Waals surface area contributed by atoms with Gasteiger partial charge in [0.1, 0.15) is 0 Å². The highest BCUT2D eigenvalue weighted by atomic mass is 16.5. The monoisotopic (exact) mass is 286 g/mol. The smallest absolute Gasteiger partial charge is 0.232 e. The molecule has 1 saturated carbocycles. The molecule has 1 aliphatic rings. The van der Waals surface area contributed by atoms with Crippen LogP contribution in [0.3, 0.4) is 0 Å². The van der Waals surface area contributed by atoms with E-state index in [-0.39, 0.29) is 11.3 Å². The van der Waals surface area contributed by atoms with Crippen molar-refractivity contribution in [3.8, 4) is 0 Å². The van der Waals surface area contributed by atoms with Crippen molar-refractivity contribution in [1.29, 1.82) is 0 Å². The number of benzene rings is 1. The second-order valence-electron chi connectivity index (χ2n) is 6.14. The van der Waals surface area contributed by atoms with E-state index in [2.05, 4.69) is 34.4 Å². The van der Waals surface area contributed by atoms with Gasteiger partial charge in [0, 0.05) is 0 Å². The Balaban J connectivity index is 1.99. The highest BCUT2D eigenvalue weighted by molar-refractivity contribution is 5.33. The van der Waals surface area contributed by atoms with Gasteiger partial charge < -0.3 is 9.63 Å². The first kappa shape index (κ1) is 14.3. The highest BCUT2D eigenvalue weighted by Gasteiger charge is 2.41. The van der Waals surface area contributed by atoms with E-state index in [0.29, 0.717) is 5.89 Å². The minimum atomic E-state index is -0.491. The third-order valence-corrected chi connectivity index (χ3v) is 4.77. The molecule has 1 aromatic carbocycles. The van der Waals surface area contributed by atoms with Gasteiger partial charge in [-0.1, -0.05) is 55.3 Å². The van der Waals surface area contributed by atoms with Crippen LogP contribution in [0.2, 0.25) is 0 Å². The summed E-state index contributed by atoms with van der Waals surface area (Å²) in [4.78, 5) is 4.62. The Bertz CT molecular complexity index is 586. The molecule has 0 spiro atoms. The SMILES string of the molecule is CC(O)C(C)c1nc(C2(c3ccccc3)CCCC2)no1.